The highest BCUT2D eigenvalue weighted by atomic mass is 16.5. The Morgan fingerprint density at radius 1 is 1.38 bits per heavy atom. The first-order valence-corrected chi connectivity index (χ1v) is 7.58. The van der Waals surface area contributed by atoms with Crippen molar-refractivity contribution in [2.75, 3.05) is 6.61 Å². The van der Waals surface area contributed by atoms with Gasteiger partial charge in [-0.2, -0.15) is 0 Å². The Morgan fingerprint density at radius 2 is 2.05 bits per heavy atom. The van der Waals surface area contributed by atoms with Gasteiger partial charge in [-0.3, -0.25) is 4.79 Å². The monoisotopic (exact) mass is 291 g/mol. The molecule has 1 aromatic rings. The van der Waals surface area contributed by atoms with Crippen molar-refractivity contribution >= 4 is 5.97 Å². The lowest BCUT2D eigenvalue weighted by molar-refractivity contribution is -0.136. The lowest BCUT2D eigenvalue weighted by Gasteiger charge is -2.52. The lowest BCUT2D eigenvalue weighted by atomic mass is 9.64. The standard InChI is InChI=1S/C17H25NO3/c1-4-21-15-10-14(17(15,2)3)18-11-13-8-6-5-7-12(13)9-16(19)20/h5-8,14-15,18H,4,9-11H2,1-3H3,(H,19,20). The van der Waals surface area contributed by atoms with Crippen molar-refractivity contribution in [3.63, 3.8) is 0 Å². The highest BCUT2D eigenvalue weighted by Crippen LogP contribution is 2.42. The number of ether oxygens (including phenoxy) is 1. The van der Waals surface area contributed by atoms with Gasteiger partial charge in [0.25, 0.3) is 0 Å². The maximum atomic E-state index is 10.9. The Kier molecular flexibility index (Phi) is 5.01. The summed E-state index contributed by atoms with van der Waals surface area (Å²) in [5.74, 6) is -0.789. The van der Waals surface area contributed by atoms with E-state index in [4.69, 9.17) is 9.84 Å². The molecule has 21 heavy (non-hydrogen) atoms. The van der Waals surface area contributed by atoms with Crippen LogP contribution < -0.4 is 5.32 Å². The zero-order valence-electron chi connectivity index (χ0n) is 13.1. The van der Waals surface area contributed by atoms with Crippen LogP contribution in [0.25, 0.3) is 0 Å². The number of aliphatic carboxylic acids is 1. The van der Waals surface area contributed by atoms with Gasteiger partial charge < -0.3 is 15.2 Å². The van der Waals surface area contributed by atoms with Gasteiger partial charge in [0.05, 0.1) is 12.5 Å². The molecule has 0 radical (unpaired) electrons. The predicted octanol–water partition coefficient (Wildman–Crippen LogP) is 2.61. The van der Waals surface area contributed by atoms with Gasteiger partial charge in [0.15, 0.2) is 0 Å². The van der Waals surface area contributed by atoms with E-state index < -0.39 is 5.97 Å². The van der Waals surface area contributed by atoms with Crippen molar-refractivity contribution in [3.8, 4) is 0 Å². The van der Waals surface area contributed by atoms with Gasteiger partial charge in [0.2, 0.25) is 0 Å². The van der Waals surface area contributed by atoms with Crippen LogP contribution in [-0.4, -0.2) is 29.8 Å². The zero-order valence-corrected chi connectivity index (χ0v) is 13.1. The predicted molar refractivity (Wildman–Crippen MR) is 82.2 cm³/mol. The van der Waals surface area contributed by atoms with E-state index in [1.54, 1.807) is 0 Å². The van der Waals surface area contributed by atoms with Gasteiger partial charge in [0, 0.05) is 24.6 Å². The molecule has 2 unspecified atom stereocenters. The quantitative estimate of drug-likeness (QED) is 0.811. The van der Waals surface area contributed by atoms with Crippen molar-refractivity contribution in [2.24, 2.45) is 5.41 Å². The van der Waals surface area contributed by atoms with E-state index in [-0.39, 0.29) is 11.8 Å². The van der Waals surface area contributed by atoms with E-state index in [1.165, 1.54) is 0 Å². The van der Waals surface area contributed by atoms with E-state index in [9.17, 15) is 4.79 Å². The zero-order chi connectivity index (χ0) is 15.5. The van der Waals surface area contributed by atoms with Gasteiger partial charge in [-0.05, 0) is 24.5 Å². The van der Waals surface area contributed by atoms with Crippen LogP contribution in [0.1, 0.15) is 38.3 Å². The molecule has 0 amide bonds. The second kappa shape index (κ2) is 6.58. The van der Waals surface area contributed by atoms with Crippen molar-refractivity contribution in [1.82, 2.24) is 5.32 Å². The molecule has 2 rings (SSSR count). The molecule has 1 aliphatic rings. The molecule has 2 atom stereocenters. The fraction of sp³-hybridized carbons (Fsp3) is 0.588. The molecule has 1 saturated carbocycles. The van der Waals surface area contributed by atoms with Gasteiger partial charge in [0.1, 0.15) is 0 Å². The number of carboxylic acid groups (broad SMARTS) is 1. The molecule has 0 heterocycles. The first-order chi connectivity index (χ1) is 9.95. The minimum Gasteiger partial charge on any atom is -0.481 e. The van der Waals surface area contributed by atoms with Crippen LogP contribution in [0.2, 0.25) is 0 Å². The Hall–Kier alpha value is -1.39. The van der Waals surface area contributed by atoms with Crippen molar-refractivity contribution in [1.29, 1.82) is 0 Å². The van der Waals surface area contributed by atoms with Gasteiger partial charge >= 0.3 is 5.97 Å². The number of nitrogens with one attached hydrogen (secondary N) is 1. The van der Waals surface area contributed by atoms with Crippen LogP contribution in [0.3, 0.4) is 0 Å². The largest absolute Gasteiger partial charge is 0.481 e. The third kappa shape index (κ3) is 3.63. The van der Waals surface area contributed by atoms with Crippen LogP contribution >= 0.6 is 0 Å². The van der Waals surface area contributed by atoms with Crippen LogP contribution in [0.4, 0.5) is 0 Å². The van der Waals surface area contributed by atoms with E-state index in [0.29, 0.717) is 18.7 Å². The fourth-order valence-corrected chi connectivity index (χ4v) is 3.01. The maximum Gasteiger partial charge on any atom is 0.307 e. The third-order valence-electron chi connectivity index (χ3n) is 4.54. The molecule has 2 N–H and O–H groups in total. The van der Waals surface area contributed by atoms with E-state index in [1.807, 2.05) is 31.2 Å². The summed E-state index contributed by atoms with van der Waals surface area (Å²) in [4.78, 5) is 10.9. The molecule has 1 fully saturated rings. The van der Waals surface area contributed by atoms with E-state index in [0.717, 1.165) is 24.2 Å². The van der Waals surface area contributed by atoms with Gasteiger partial charge in [-0.1, -0.05) is 38.1 Å². The highest BCUT2D eigenvalue weighted by molar-refractivity contribution is 5.70. The molecule has 0 spiro atoms. The minimum atomic E-state index is -0.789. The summed E-state index contributed by atoms with van der Waals surface area (Å²) in [5, 5.41) is 12.5. The molecule has 1 aromatic carbocycles. The topological polar surface area (TPSA) is 58.6 Å². The van der Waals surface area contributed by atoms with E-state index >= 15 is 0 Å². The number of hydrogen-bond donors (Lipinski definition) is 2. The Bertz CT molecular complexity index is 499. The first kappa shape index (κ1) is 16.0. The Labute approximate surface area is 126 Å². The minimum absolute atomic E-state index is 0.0769. The molecule has 0 aliphatic heterocycles. The van der Waals surface area contributed by atoms with Crippen molar-refractivity contribution < 1.29 is 14.6 Å². The third-order valence-corrected chi connectivity index (χ3v) is 4.54. The number of carboxylic acids is 1. The van der Waals surface area contributed by atoms with Crippen LogP contribution in [-0.2, 0) is 22.5 Å². The summed E-state index contributed by atoms with van der Waals surface area (Å²) in [6, 6.07) is 8.14. The lowest BCUT2D eigenvalue weighted by Crippen LogP contribution is -2.60. The average Bonchev–Trinajstić information content (AvgIpc) is 2.43. The van der Waals surface area contributed by atoms with Crippen LogP contribution in [0.5, 0.6) is 0 Å². The Morgan fingerprint density at radius 3 is 2.62 bits per heavy atom. The van der Waals surface area contributed by atoms with Crippen molar-refractivity contribution in [3.05, 3.63) is 35.4 Å². The van der Waals surface area contributed by atoms with Gasteiger partial charge in [-0.15, -0.1) is 0 Å². The molecular formula is C17H25NO3. The fourth-order valence-electron chi connectivity index (χ4n) is 3.01. The van der Waals surface area contributed by atoms with Crippen LogP contribution in [0, 0.1) is 5.41 Å². The highest BCUT2D eigenvalue weighted by Gasteiger charge is 2.48. The molecule has 4 heteroatoms. The SMILES string of the molecule is CCOC1CC(NCc2ccccc2CC(=O)O)C1(C)C. The number of carbonyl (C=O) groups is 1. The normalized spacial score (nSPS) is 23.6. The van der Waals surface area contributed by atoms with Crippen LogP contribution in [0.15, 0.2) is 24.3 Å². The molecule has 0 saturated heterocycles. The number of benzene rings is 1. The molecule has 0 bridgehead atoms. The number of hydrogen-bond acceptors (Lipinski definition) is 3. The molecule has 0 aromatic heterocycles. The average molecular weight is 291 g/mol. The van der Waals surface area contributed by atoms with Gasteiger partial charge in [-0.25, -0.2) is 0 Å². The summed E-state index contributed by atoms with van der Waals surface area (Å²) < 4.78 is 5.73. The van der Waals surface area contributed by atoms with Crippen molar-refractivity contribution in [2.45, 2.75) is 52.3 Å². The summed E-state index contributed by atoms with van der Waals surface area (Å²) in [5.41, 5.74) is 2.07. The number of rotatable bonds is 7. The summed E-state index contributed by atoms with van der Waals surface area (Å²) >= 11 is 0. The summed E-state index contributed by atoms with van der Waals surface area (Å²) in [7, 11) is 0. The molecule has 4 nitrogen and oxygen atoms in total. The first-order valence-electron chi connectivity index (χ1n) is 7.58. The maximum absolute atomic E-state index is 10.9. The smallest absolute Gasteiger partial charge is 0.307 e. The Balaban J connectivity index is 1.94. The molecule has 116 valence electrons. The second-order valence-corrected chi connectivity index (χ2v) is 6.27. The molecule has 1 aliphatic carbocycles. The van der Waals surface area contributed by atoms with E-state index in [2.05, 4.69) is 19.2 Å². The summed E-state index contributed by atoms with van der Waals surface area (Å²) in [6.07, 6.45) is 1.41. The summed E-state index contributed by atoms with van der Waals surface area (Å²) in [6.45, 7) is 7.92. The molecular weight excluding hydrogens is 266 g/mol. The second-order valence-electron chi connectivity index (χ2n) is 6.27.